The molecule has 0 aromatic carbocycles. The molecule has 0 bridgehead atoms. The van der Waals surface area contributed by atoms with Gasteiger partial charge >= 0.3 is 0 Å². The Kier molecular flexibility index (Phi) is 6.96. The fourth-order valence-electron chi connectivity index (χ4n) is 2.47. The number of unbranched alkanes of at least 4 members (excludes halogenated alkanes) is 4. The van der Waals surface area contributed by atoms with Crippen LogP contribution in [0.2, 0.25) is 0 Å². The van der Waals surface area contributed by atoms with Crippen LogP contribution in [0.15, 0.2) is 12.1 Å². The lowest BCUT2D eigenvalue weighted by atomic mass is 9.98. The number of rotatable bonds is 8. The van der Waals surface area contributed by atoms with Crippen LogP contribution in [-0.4, -0.2) is 12.0 Å². The third-order valence-electron chi connectivity index (χ3n) is 3.59. The van der Waals surface area contributed by atoms with Gasteiger partial charge < -0.3 is 5.32 Å². The Labute approximate surface area is 112 Å². The summed E-state index contributed by atoms with van der Waals surface area (Å²) in [5.41, 5.74) is 3.63. The number of nitrogens with one attached hydrogen (secondary N) is 1. The van der Waals surface area contributed by atoms with Crippen molar-refractivity contribution >= 4 is 0 Å². The summed E-state index contributed by atoms with van der Waals surface area (Å²) in [4.78, 5) is 4.56. The first kappa shape index (κ1) is 15.2. The van der Waals surface area contributed by atoms with Gasteiger partial charge in [-0.3, -0.25) is 4.98 Å². The van der Waals surface area contributed by atoms with Gasteiger partial charge in [0.15, 0.2) is 0 Å². The number of aryl methyl sites for hydroxylation is 2. The van der Waals surface area contributed by atoms with Crippen molar-refractivity contribution in [1.29, 1.82) is 0 Å². The zero-order valence-corrected chi connectivity index (χ0v) is 12.4. The summed E-state index contributed by atoms with van der Waals surface area (Å²) in [6.45, 7) is 6.43. The minimum absolute atomic E-state index is 0.458. The van der Waals surface area contributed by atoms with Crippen molar-refractivity contribution in [2.45, 2.75) is 65.3 Å². The predicted octanol–water partition coefficient (Wildman–Crippen LogP) is 4.32. The van der Waals surface area contributed by atoms with Crippen LogP contribution in [0.3, 0.4) is 0 Å². The lowest BCUT2D eigenvalue weighted by molar-refractivity contribution is 0.497. The maximum Gasteiger partial charge on any atom is 0.0423 e. The number of hydrogen-bond acceptors (Lipinski definition) is 2. The molecule has 0 radical (unpaired) electrons. The largest absolute Gasteiger partial charge is 0.313 e. The van der Waals surface area contributed by atoms with Gasteiger partial charge in [-0.25, -0.2) is 0 Å². The van der Waals surface area contributed by atoms with Crippen molar-refractivity contribution in [2.75, 3.05) is 7.05 Å². The van der Waals surface area contributed by atoms with Crippen LogP contribution in [-0.2, 0) is 0 Å². The van der Waals surface area contributed by atoms with Gasteiger partial charge in [0.25, 0.3) is 0 Å². The molecule has 0 aliphatic rings. The average Bonchev–Trinajstić information content (AvgIpc) is 2.35. The van der Waals surface area contributed by atoms with Gasteiger partial charge in [-0.2, -0.15) is 0 Å². The maximum absolute atomic E-state index is 4.56. The smallest absolute Gasteiger partial charge is 0.0423 e. The Morgan fingerprint density at radius 3 is 2.44 bits per heavy atom. The second kappa shape index (κ2) is 8.25. The fraction of sp³-hybridized carbons (Fsp3) is 0.688. The molecule has 18 heavy (non-hydrogen) atoms. The molecule has 2 nitrogen and oxygen atoms in total. The zero-order chi connectivity index (χ0) is 13.4. The third-order valence-corrected chi connectivity index (χ3v) is 3.59. The normalized spacial score (nSPS) is 12.7. The van der Waals surface area contributed by atoms with Crippen LogP contribution >= 0.6 is 0 Å². The van der Waals surface area contributed by atoms with Crippen LogP contribution in [0, 0.1) is 13.8 Å². The zero-order valence-electron chi connectivity index (χ0n) is 12.4. The molecule has 0 amide bonds. The van der Waals surface area contributed by atoms with Gasteiger partial charge in [-0.05, 0) is 38.9 Å². The number of hydrogen-bond donors (Lipinski definition) is 1. The Balaban J connectivity index is 2.49. The predicted molar refractivity (Wildman–Crippen MR) is 78.9 cm³/mol. The van der Waals surface area contributed by atoms with E-state index in [0.717, 1.165) is 5.69 Å². The van der Waals surface area contributed by atoms with Crippen LogP contribution in [0.25, 0.3) is 0 Å². The monoisotopic (exact) mass is 248 g/mol. The van der Waals surface area contributed by atoms with Crippen molar-refractivity contribution in [2.24, 2.45) is 0 Å². The molecule has 0 aliphatic carbocycles. The topological polar surface area (TPSA) is 24.9 Å². The van der Waals surface area contributed by atoms with E-state index in [0.29, 0.717) is 6.04 Å². The molecule has 0 saturated heterocycles. The summed E-state index contributed by atoms with van der Waals surface area (Å²) >= 11 is 0. The summed E-state index contributed by atoms with van der Waals surface area (Å²) in [5, 5.41) is 3.43. The summed E-state index contributed by atoms with van der Waals surface area (Å²) in [6.07, 6.45) is 7.93. The SMILES string of the molecule is CCCCCCCC(NC)c1ccc(C)nc1C. The molecule has 102 valence electrons. The Morgan fingerprint density at radius 2 is 1.83 bits per heavy atom. The van der Waals surface area contributed by atoms with E-state index in [9.17, 15) is 0 Å². The quantitative estimate of drug-likeness (QED) is 0.693. The molecule has 0 saturated carbocycles. The van der Waals surface area contributed by atoms with Crippen molar-refractivity contribution in [3.63, 3.8) is 0 Å². The third kappa shape index (κ3) is 4.77. The van der Waals surface area contributed by atoms with Crippen LogP contribution < -0.4 is 5.32 Å². The molecule has 1 aromatic heterocycles. The number of pyridine rings is 1. The van der Waals surface area contributed by atoms with Gasteiger partial charge in [-0.15, -0.1) is 0 Å². The molecule has 0 fully saturated rings. The molecule has 1 rings (SSSR count). The van der Waals surface area contributed by atoms with E-state index in [2.05, 4.69) is 50.3 Å². The van der Waals surface area contributed by atoms with Gasteiger partial charge in [0.1, 0.15) is 0 Å². The van der Waals surface area contributed by atoms with E-state index >= 15 is 0 Å². The van der Waals surface area contributed by atoms with E-state index in [1.165, 1.54) is 49.8 Å². The first-order chi connectivity index (χ1) is 8.69. The molecule has 0 spiro atoms. The summed E-state index contributed by atoms with van der Waals surface area (Å²) in [7, 11) is 2.05. The first-order valence-electron chi connectivity index (χ1n) is 7.30. The summed E-state index contributed by atoms with van der Waals surface area (Å²) in [5.74, 6) is 0. The van der Waals surface area contributed by atoms with E-state index in [-0.39, 0.29) is 0 Å². The molecule has 0 aliphatic heterocycles. The number of nitrogens with zero attached hydrogens (tertiary/aromatic N) is 1. The highest BCUT2D eigenvalue weighted by Crippen LogP contribution is 2.22. The van der Waals surface area contributed by atoms with Crippen molar-refractivity contribution in [3.8, 4) is 0 Å². The molecule has 1 unspecified atom stereocenters. The highest BCUT2D eigenvalue weighted by atomic mass is 14.9. The highest BCUT2D eigenvalue weighted by Gasteiger charge is 2.12. The van der Waals surface area contributed by atoms with E-state index in [4.69, 9.17) is 0 Å². The minimum Gasteiger partial charge on any atom is -0.313 e. The van der Waals surface area contributed by atoms with Gasteiger partial charge in [0, 0.05) is 17.4 Å². The van der Waals surface area contributed by atoms with Crippen LogP contribution in [0.4, 0.5) is 0 Å². The second-order valence-electron chi connectivity index (χ2n) is 5.17. The van der Waals surface area contributed by atoms with Crippen LogP contribution in [0.5, 0.6) is 0 Å². The molecule has 1 atom stereocenters. The summed E-state index contributed by atoms with van der Waals surface area (Å²) < 4.78 is 0. The number of aromatic nitrogens is 1. The van der Waals surface area contributed by atoms with Gasteiger partial charge in [0.05, 0.1) is 0 Å². The average molecular weight is 248 g/mol. The van der Waals surface area contributed by atoms with Crippen molar-refractivity contribution in [3.05, 3.63) is 29.1 Å². The second-order valence-corrected chi connectivity index (χ2v) is 5.17. The van der Waals surface area contributed by atoms with Gasteiger partial charge in [0.2, 0.25) is 0 Å². The standard InChI is InChI=1S/C16H28N2/c1-5-6-7-8-9-10-16(17-4)15-12-11-13(2)18-14(15)3/h11-12,16-17H,5-10H2,1-4H3. The summed E-state index contributed by atoms with van der Waals surface area (Å²) in [6, 6.07) is 4.80. The Bertz CT molecular complexity index is 347. The Morgan fingerprint density at radius 1 is 1.11 bits per heavy atom. The fourth-order valence-corrected chi connectivity index (χ4v) is 2.47. The van der Waals surface area contributed by atoms with E-state index in [1.54, 1.807) is 0 Å². The Hall–Kier alpha value is -0.890. The van der Waals surface area contributed by atoms with E-state index < -0.39 is 0 Å². The van der Waals surface area contributed by atoms with Crippen molar-refractivity contribution in [1.82, 2.24) is 10.3 Å². The lowest BCUT2D eigenvalue weighted by Gasteiger charge is -2.18. The molecule has 1 N–H and O–H groups in total. The molecule has 1 aromatic rings. The van der Waals surface area contributed by atoms with E-state index in [1.807, 2.05) is 0 Å². The van der Waals surface area contributed by atoms with Crippen molar-refractivity contribution < 1.29 is 0 Å². The highest BCUT2D eigenvalue weighted by molar-refractivity contribution is 5.25. The molecular weight excluding hydrogens is 220 g/mol. The first-order valence-corrected chi connectivity index (χ1v) is 7.30. The molecular formula is C16H28N2. The molecule has 1 heterocycles. The van der Waals surface area contributed by atoms with Gasteiger partial charge in [-0.1, -0.05) is 45.1 Å². The maximum atomic E-state index is 4.56. The minimum atomic E-state index is 0.458. The lowest BCUT2D eigenvalue weighted by Crippen LogP contribution is -2.18. The van der Waals surface area contributed by atoms with Crippen LogP contribution in [0.1, 0.15) is 68.4 Å². The molecule has 2 heteroatoms.